The lowest BCUT2D eigenvalue weighted by Crippen LogP contribution is -2.24. The highest BCUT2D eigenvalue weighted by atomic mass is 35.5. The zero-order valence-corrected chi connectivity index (χ0v) is 19.8. The molecule has 1 nitrogen and oxygen atoms in total. The van der Waals surface area contributed by atoms with E-state index in [9.17, 15) is 0 Å². The Kier molecular flexibility index (Phi) is 9.46. The first-order chi connectivity index (χ1) is 14.4. The lowest BCUT2D eigenvalue weighted by molar-refractivity contribution is 0.744. The summed E-state index contributed by atoms with van der Waals surface area (Å²) in [5.41, 5.74) is 6.91. The fourth-order valence-electron chi connectivity index (χ4n) is 3.77. The Morgan fingerprint density at radius 3 is 2.17 bits per heavy atom. The summed E-state index contributed by atoms with van der Waals surface area (Å²) in [6, 6.07) is 17.1. The van der Waals surface area contributed by atoms with Gasteiger partial charge in [-0.2, -0.15) is 0 Å². The van der Waals surface area contributed by atoms with Gasteiger partial charge in [0.05, 0.1) is 5.03 Å². The van der Waals surface area contributed by atoms with Crippen LogP contribution >= 0.6 is 11.6 Å². The van der Waals surface area contributed by atoms with Gasteiger partial charge in [-0.25, -0.2) is 0 Å². The van der Waals surface area contributed by atoms with Crippen molar-refractivity contribution >= 4 is 22.3 Å². The molecule has 0 saturated carbocycles. The molecule has 0 aromatic heterocycles. The zero-order chi connectivity index (χ0) is 22.1. The van der Waals surface area contributed by atoms with Crippen LogP contribution in [-0.4, -0.2) is 13.1 Å². The van der Waals surface area contributed by atoms with E-state index in [1.807, 2.05) is 18.2 Å². The summed E-state index contributed by atoms with van der Waals surface area (Å²) in [4.78, 5) is 2.46. The first kappa shape index (κ1) is 24.0. The minimum Gasteiger partial charge on any atom is -0.372 e. The van der Waals surface area contributed by atoms with Gasteiger partial charge in [0.1, 0.15) is 0 Å². The second-order valence-electron chi connectivity index (χ2n) is 7.98. The quantitative estimate of drug-likeness (QED) is 0.259. The molecule has 0 fully saturated rings. The maximum absolute atomic E-state index is 6.73. The standard InChI is InChI=1S/C28H36ClN/c1-7-18-30(19-8-2)26-16-14-25(15-17-26)24(9-3)20-22(5)23(6)28(29)27-13-11-10-12-21(27)4/h9-17,24H,3,5,7-8,18-20H2,1-2,4,6H3/b28-23-. The Labute approximate surface area is 188 Å². The lowest BCUT2D eigenvalue weighted by Gasteiger charge is -2.24. The molecule has 0 aliphatic carbocycles. The molecule has 0 aliphatic heterocycles. The number of nitrogens with zero attached hydrogens (tertiary/aromatic N) is 1. The monoisotopic (exact) mass is 421 g/mol. The molecule has 2 aromatic rings. The SMILES string of the molecule is C=CC(CC(=C)/C(C)=C(\Cl)c1ccccc1C)c1ccc(N(CCC)CCC)cc1. The first-order valence-corrected chi connectivity index (χ1v) is 11.4. The van der Waals surface area contributed by atoms with Gasteiger partial charge in [0.2, 0.25) is 0 Å². The number of anilines is 1. The van der Waals surface area contributed by atoms with Crippen LogP contribution in [0.5, 0.6) is 0 Å². The molecule has 0 saturated heterocycles. The van der Waals surface area contributed by atoms with E-state index in [2.05, 4.69) is 82.2 Å². The van der Waals surface area contributed by atoms with Crippen molar-refractivity contribution in [2.75, 3.05) is 18.0 Å². The van der Waals surface area contributed by atoms with Gasteiger partial charge >= 0.3 is 0 Å². The third kappa shape index (κ3) is 6.12. The molecular formula is C28H36ClN. The van der Waals surface area contributed by atoms with Gasteiger partial charge in [0, 0.05) is 24.7 Å². The predicted octanol–water partition coefficient (Wildman–Crippen LogP) is 8.51. The second-order valence-corrected chi connectivity index (χ2v) is 8.36. The molecule has 0 spiro atoms. The summed E-state index contributed by atoms with van der Waals surface area (Å²) in [6.07, 6.45) is 5.14. The van der Waals surface area contributed by atoms with Crippen LogP contribution in [0.2, 0.25) is 0 Å². The number of hydrogen-bond donors (Lipinski definition) is 0. The van der Waals surface area contributed by atoms with E-state index in [1.165, 1.54) is 16.8 Å². The summed E-state index contributed by atoms with van der Waals surface area (Å²) in [7, 11) is 0. The van der Waals surface area contributed by atoms with Crippen molar-refractivity contribution in [3.05, 3.63) is 95.6 Å². The molecule has 0 radical (unpaired) electrons. The second kappa shape index (κ2) is 11.8. The van der Waals surface area contributed by atoms with Crippen molar-refractivity contribution in [3.63, 3.8) is 0 Å². The molecule has 1 atom stereocenters. The maximum atomic E-state index is 6.73. The molecule has 0 heterocycles. The zero-order valence-electron chi connectivity index (χ0n) is 19.0. The fraction of sp³-hybridized carbons (Fsp3) is 0.357. The minimum atomic E-state index is 0.216. The normalized spacial score (nSPS) is 12.8. The van der Waals surface area contributed by atoms with Gasteiger partial charge in [0.15, 0.2) is 0 Å². The largest absolute Gasteiger partial charge is 0.372 e. The van der Waals surface area contributed by atoms with Crippen LogP contribution in [-0.2, 0) is 0 Å². The number of halogens is 1. The molecule has 0 amide bonds. The van der Waals surface area contributed by atoms with Gasteiger partial charge in [-0.3, -0.25) is 0 Å². The maximum Gasteiger partial charge on any atom is 0.0512 e. The fourth-order valence-corrected chi connectivity index (χ4v) is 4.12. The van der Waals surface area contributed by atoms with Crippen molar-refractivity contribution in [2.45, 2.75) is 52.9 Å². The van der Waals surface area contributed by atoms with E-state index in [0.717, 1.165) is 54.1 Å². The van der Waals surface area contributed by atoms with E-state index in [-0.39, 0.29) is 5.92 Å². The number of benzene rings is 2. The van der Waals surface area contributed by atoms with E-state index in [0.29, 0.717) is 0 Å². The molecule has 2 aromatic carbocycles. The predicted molar refractivity (Wildman–Crippen MR) is 136 cm³/mol. The van der Waals surface area contributed by atoms with Gasteiger partial charge in [0.25, 0.3) is 0 Å². The van der Waals surface area contributed by atoms with Crippen molar-refractivity contribution < 1.29 is 0 Å². The summed E-state index contributed by atoms with van der Waals surface area (Å²) in [5.74, 6) is 0.216. The molecule has 2 rings (SSSR count). The minimum absolute atomic E-state index is 0.216. The molecule has 0 aliphatic rings. The highest BCUT2D eigenvalue weighted by Crippen LogP contribution is 2.34. The Morgan fingerprint density at radius 1 is 1.03 bits per heavy atom. The molecule has 0 bridgehead atoms. The smallest absolute Gasteiger partial charge is 0.0512 e. The Morgan fingerprint density at radius 2 is 1.63 bits per heavy atom. The molecule has 2 heteroatoms. The Balaban J connectivity index is 2.18. The number of rotatable bonds is 11. The van der Waals surface area contributed by atoms with Crippen LogP contribution in [0.15, 0.2) is 78.9 Å². The average molecular weight is 422 g/mol. The van der Waals surface area contributed by atoms with Crippen LogP contribution < -0.4 is 4.90 Å². The van der Waals surface area contributed by atoms with E-state index >= 15 is 0 Å². The van der Waals surface area contributed by atoms with Gasteiger partial charge in [-0.05, 0) is 73.1 Å². The van der Waals surface area contributed by atoms with E-state index in [4.69, 9.17) is 11.6 Å². The Hall–Kier alpha value is -2.25. The molecule has 0 N–H and O–H groups in total. The highest BCUT2D eigenvalue weighted by molar-refractivity contribution is 6.49. The number of allylic oxidation sites excluding steroid dienone is 3. The highest BCUT2D eigenvalue weighted by Gasteiger charge is 2.14. The first-order valence-electron chi connectivity index (χ1n) is 11.0. The third-order valence-corrected chi connectivity index (χ3v) is 6.15. The van der Waals surface area contributed by atoms with Gasteiger partial charge in [-0.1, -0.05) is 74.5 Å². The Bertz CT molecular complexity index is 870. The molecule has 30 heavy (non-hydrogen) atoms. The van der Waals surface area contributed by atoms with Crippen molar-refractivity contribution in [1.82, 2.24) is 0 Å². The number of hydrogen-bond acceptors (Lipinski definition) is 1. The molecule has 160 valence electrons. The van der Waals surface area contributed by atoms with Crippen molar-refractivity contribution in [2.24, 2.45) is 0 Å². The van der Waals surface area contributed by atoms with Crippen LogP contribution in [0.4, 0.5) is 5.69 Å². The number of aryl methyl sites for hydroxylation is 1. The average Bonchev–Trinajstić information content (AvgIpc) is 2.76. The third-order valence-electron chi connectivity index (χ3n) is 5.67. The summed E-state index contributed by atoms with van der Waals surface area (Å²) < 4.78 is 0. The topological polar surface area (TPSA) is 3.24 Å². The molecular weight excluding hydrogens is 386 g/mol. The van der Waals surface area contributed by atoms with E-state index in [1.54, 1.807) is 0 Å². The van der Waals surface area contributed by atoms with Crippen LogP contribution in [0.1, 0.15) is 62.6 Å². The lowest BCUT2D eigenvalue weighted by atomic mass is 9.89. The van der Waals surface area contributed by atoms with Crippen LogP contribution in [0.25, 0.3) is 5.03 Å². The van der Waals surface area contributed by atoms with Crippen molar-refractivity contribution in [1.29, 1.82) is 0 Å². The van der Waals surface area contributed by atoms with Crippen molar-refractivity contribution in [3.8, 4) is 0 Å². The van der Waals surface area contributed by atoms with Gasteiger partial charge < -0.3 is 4.90 Å². The summed E-state index contributed by atoms with van der Waals surface area (Å²) in [6.45, 7) is 19.2. The summed E-state index contributed by atoms with van der Waals surface area (Å²) in [5, 5.41) is 0.783. The van der Waals surface area contributed by atoms with E-state index < -0.39 is 0 Å². The molecule has 1 unspecified atom stereocenters. The van der Waals surface area contributed by atoms with Crippen LogP contribution in [0.3, 0.4) is 0 Å². The summed E-state index contributed by atoms with van der Waals surface area (Å²) >= 11 is 6.73. The van der Waals surface area contributed by atoms with Gasteiger partial charge in [-0.15, -0.1) is 6.58 Å². The van der Waals surface area contributed by atoms with Crippen LogP contribution in [0, 0.1) is 6.92 Å².